The van der Waals surface area contributed by atoms with Crippen molar-refractivity contribution in [1.29, 1.82) is 0 Å². The number of benzene rings is 2. The van der Waals surface area contributed by atoms with Crippen molar-refractivity contribution in [3.8, 4) is 5.75 Å². The lowest BCUT2D eigenvalue weighted by molar-refractivity contribution is -0.123. The van der Waals surface area contributed by atoms with Gasteiger partial charge in [-0.25, -0.2) is 5.43 Å². The Hall–Kier alpha value is -1.50. The van der Waals surface area contributed by atoms with E-state index in [0.29, 0.717) is 15.2 Å². The monoisotopic (exact) mass is 412 g/mol. The van der Waals surface area contributed by atoms with Crippen LogP contribution in [-0.2, 0) is 4.79 Å². The average molecular weight is 414 g/mol. The standard InChI is InChI=1S/C16H14BrClN2O2S/c1-23-13-5-2-11(3-6-13)9-19-20-16(21)10-22-15-7-4-12(18)8-14(15)17/h2-9H,10H2,1H3,(H,20,21)/b19-9-. The first-order valence-electron chi connectivity index (χ1n) is 6.62. The molecule has 0 aliphatic rings. The Morgan fingerprint density at radius 3 is 2.74 bits per heavy atom. The third kappa shape index (κ3) is 5.89. The molecule has 2 aromatic carbocycles. The Morgan fingerprint density at radius 1 is 1.35 bits per heavy atom. The molecule has 0 radical (unpaired) electrons. The minimum Gasteiger partial charge on any atom is -0.483 e. The topological polar surface area (TPSA) is 50.7 Å². The van der Waals surface area contributed by atoms with Crippen LogP contribution in [0.5, 0.6) is 5.75 Å². The zero-order valence-corrected chi connectivity index (χ0v) is 15.4. The van der Waals surface area contributed by atoms with E-state index in [1.54, 1.807) is 36.2 Å². The number of carbonyl (C=O) groups excluding carboxylic acids is 1. The van der Waals surface area contributed by atoms with Crippen molar-refractivity contribution in [2.24, 2.45) is 5.10 Å². The Labute approximate surface area is 152 Å². The maximum atomic E-state index is 11.7. The van der Waals surface area contributed by atoms with Crippen molar-refractivity contribution < 1.29 is 9.53 Å². The second-order valence-electron chi connectivity index (χ2n) is 4.43. The molecule has 2 aromatic rings. The molecule has 1 N–H and O–H groups in total. The van der Waals surface area contributed by atoms with Gasteiger partial charge in [0.25, 0.3) is 5.91 Å². The van der Waals surface area contributed by atoms with Crippen LogP contribution in [0.15, 0.2) is 56.9 Å². The van der Waals surface area contributed by atoms with Crippen molar-refractivity contribution in [3.05, 3.63) is 57.5 Å². The summed E-state index contributed by atoms with van der Waals surface area (Å²) in [4.78, 5) is 12.9. The normalized spacial score (nSPS) is 10.7. The number of halogens is 2. The van der Waals surface area contributed by atoms with Crippen molar-refractivity contribution in [2.45, 2.75) is 4.90 Å². The summed E-state index contributed by atoms with van der Waals surface area (Å²) >= 11 is 10.8. The number of thioether (sulfide) groups is 1. The fourth-order valence-electron chi connectivity index (χ4n) is 1.64. The van der Waals surface area contributed by atoms with E-state index in [2.05, 4.69) is 26.5 Å². The van der Waals surface area contributed by atoms with Crippen LogP contribution >= 0.6 is 39.3 Å². The number of carbonyl (C=O) groups is 1. The Morgan fingerprint density at radius 2 is 2.09 bits per heavy atom. The molecule has 7 heteroatoms. The van der Waals surface area contributed by atoms with Gasteiger partial charge < -0.3 is 4.74 Å². The van der Waals surface area contributed by atoms with E-state index in [1.807, 2.05) is 30.5 Å². The smallest absolute Gasteiger partial charge is 0.277 e. The van der Waals surface area contributed by atoms with E-state index < -0.39 is 0 Å². The van der Waals surface area contributed by atoms with Crippen LogP contribution in [0.1, 0.15) is 5.56 Å². The highest BCUT2D eigenvalue weighted by atomic mass is 79.9. The molecule has 120 valence electrons. The number of ether oxygens (including phenoxy) is 1. The molecule has 0 aromatic heterocycles. The number of amides is 1. The van der Waals surface area contributed by atoms with Gasteiger partial charge in [0.2, 0.25) is 0 Å². The van der Waals surface area contributed by atoms with E-state index in [-0.39, 0.29) is 12.5 Å². The second-order valence-corrected chi connectivity index (χ2v) is 6.60. The molecule has 4 nitrogen and oxygen atoms in total. The highest BCUT2D eigenvalue weighted by molar-refractivity contribution is 9.10. The third-order valence-corrected chi connectivity index (χ3v) is 4.37. The molecule has 1 amide bonds. The van der Waals surface area contributed by atoms with Gasteiger partial charge in [-0.15, -0.1) is 11.8 Å². The first-order valence-corrected chi connectivity index (χ1v) is 9.02. The summed E-state index contributed by atoms with van der Waals surface area (Å²) in [5.74, 6) is 0.199. The summed E-state index contributed by atoms with van der Waals surface area (Å²) in [6.45, 7) is -0.136. The molecule has 0 aliphatic heterocycles. The molecule has 0 spiro atoms. The SMILES string of the molecule is CSc1ccc(/C=N\NC(=O)COc2ccc(Cl)cc2Br)cc1. The van der Waals surface area contributed by atoms with E-state index in [9.17, 15) is 4.79 Å². The van der Waals surface area contributed by atoms with Crippen LogP contribution < -0.4 is 10.2 Å². The van der Waals surface area contributed by atoms with Gasteiger partial charge in [-0.3, -0.25) is 4.79 Å². The number of hydrogen-bond acceptors (Lipinski definition) is 4. The van der Waals surface area contributed by atoms with E-state index in [0.717, 1.165) is 5.56 Å². The predicted molar refractivity (Wildman–Crippen MR) is 98.6 cm³/mol. The minimum absolute atomic E-state index is 0.136. The maximum Gasteiger partial charge on any atom is 0.277 e. The molecule has 0 unspecified atom stereocenters. The lowest BCUT2D eigenvalue weighted by atomic mass is 10.2. The van der Waals surface area contributed by atoms with Gasteiger partial charge in [0.1, 0.15) is 5.75 Å². The molecular weight excluding hydrogens is 400 g/mol. The van der Waals surface area contributed by atoms with Crippen molar-refractivity contribution in [1.82, 2.24) is 5.43 Å². The average Bonchev–Trinajstić information content (AvgIpc) is 2.54. The first-order chi connectivity index (χ1) is 11.1. The van der Waals surface area contributed by atoms with Gasteiger partial charge in [0, 0.05) is 9.92 Å². The lowest BCUT2D eigenvalue weighted by Gasteiger charge is -2.07. The van der Waals surface area contributed by atoms with Crippen molar-refractivity contribution >= 4 is 51.4 Å². The van der Waals surface area contributed by atoms with Gasteiger partial charge in [0.05, 0.1) is 10.7 Å². The summed E-state index contributed by atoms with van der Waals surface area (Å²) in [6.07, 6.45) is 3.60. The van der Waals surface area contributed by atoms with Gasteiger partial charge in [-0.1, -0.05) is 23.7 Å². The zero-order valence-electron chi connectivity index (χ0n) is 12.3. The molecule has 0 bridgehead atoms. The van der Waals surface area contributed by atoms with Crippen molar-refractivity contribution in [2.75, 3.05) is 12.9 Å². The molecule has 0 fully saturated rings. The fourth-order valence-corrected chi connectivity index (χ4v) is 2.84. The summed E-state index contributed by atoms with van der Waals surface area (Å²) in [6, 6.07) is 12.9. The lowest BCUT2D eigenvalue weighted by Crippen LogP contribution is -2.24. The fraction of sp³-hybridized carbons (Fsp3) is 0.125. The zero-order chi connectivity index (χ0) is 16.7. The largest absolute Gasteiger partial charge is 0.483 e. The number of rotatable bonds is 6. The Bertz CT molecular complexity index is 708. The van der Waals surface area contributed by atoms with Crippen LogP contribution in [0.4, 0.5) is 0 Å². The molecule has 0 aliphatic carbocycles. The Kier molecular flexibility index (Phi) is 6.95. The maximum absolute atomic E-state index is 11.7. The molecule has 0 saturated heterocycles. The van der Waals surface area contributed by atoms with E-state index >= 15 is 0 Å². The first kappa shape index (κ1) is 17.8. The van der Waals surface area contributed by atoms with Crippen molar-refractivity contribution in [3.63, 3.8) is 0 Å². The molecule has 0 atom stereocenters. The molecule has 23 heavy (non-hydrogen) atoms. The third-order valence-electron chi connectivity index (χ3n) is 2.77. The van der Waals surface area contributed by atoms with Crippen LogP contribution in [0.25, 0.3) is 0 Å². The summed E-state index contributed by atoms with van der Waals surface area (Å²) < 4.78 is 6.08. The Balaban J connectivity index is 1.81. The molecule has 0 saturated carbocycles. The van der Waals surface area contributed by atoms with Crippen LogP contribution in [0.2, 0.25) is 5.02 Å². The molecule has 2 rings (SSSR count). The summed E-state index contributed by atoms with van der Waals surface area (Å²) in [7, 11) is 0. The van der Waals surface area contributed by atoms with Crippen LogP contribution in [0.3, 0.4) is 0 Å². The molecule has 0 heterocycles. The van der Waals surface area contributed by atoms with E-state index in [4.69, 9.17) is 16.3 Å². The van der Waals surface area contributed by atoms with Gasteiger partial charge >= 0.3 is 0 Å². The van der Waals surface area contributed by atoms with Gasteiger partial charge in [0.15, 0.2) is 6.61 Å². The number of hydrogen-bond donors (Lipinski definition) is 1. The molecular formula is C16H14BrClN2O2S. The number of nitrogens with one attached hydrogen (secondary N) is 1. The summed E-state index contributed by atoms with van der Waals surface area (Å²) in [5, 5.41) is 4.49. The quantitative estimate of drug-likeness (QED) is 0.435. The predicted octanol–water partition coefficient (Wildman–Crippen LogP) is 4.35. The van der Waals surface area contributed by atoms with Gasteiger partial charge in [-0.05, 0) is 58.1 Å². The van der Waals surface area contributed by atoms with E-state index in [1.165, 1.54) is 4.90 Å². The highest BCUT2D eigenvalue weighted by Gasteiger charge is 2.05. The number of nitrogens with zero attached hydrogens (tertiary/aromatic N) is 1. The highest BCUT2D eigenvalue weighted by Crippen LogP contribution is 2.27. The van der Waals surface area contributed by atoms with Crippen LogP contribution in [0, 0.1) is 0 Å². The second kappa shape index (κ2) is 8.96. The van der Waals surface area contributed by atoms with Crippen LogP contribution in [-0.4, -0.2) is 25.0 Å². The summed E-state index contributed by atoms with van der Waals surface area (Å²) in [5.41, 5.74) is 3.33. The number of hydrazone groups is 1. The minimum atomic E-state index is -0.344. The van der Waals surface area contributed by atoms with Gasteiger partial charge in [-0.2, -0.15) is 5.10 Å².